The van der Waals surface area contributed by atoms with Crippen molar-refractivity contribution in [1.82, 2.24) is 15.5 Å². The van der Waals surface area contributed by atoms with Gasteiger partial charge in [-0.25, -0.2) is 9.59 Å². The SMILES string of the molecule is COC(=O)[C@@H]1CCCCC(NC(=O)OC(C)(C)C)C(=O)N2CCC[C@H]2C(=O)N1. The van der Waals surface area contributed by atoms with E-state index in [0.717, 1.165) is 0 Å². The lowest BCUT2D eigenvalue weighted by molar-refractivity contribution is -0.146. The van der Waals surface area contributed by atoms with E-state index < -0.39 is 35.8 Å². The molecular weight excluding hydrogens is 366 g/mol. The molecular formula is C19H31N3O6. The van der Waals surface area contributed by atoms with Crippen molar-refractivity contribution in [3.05, 3.63) is 0 Å². The van der Waals surface area contributed by atoms with Gasteiger partial charge in [-0.3, -0.25) is 9.59 Å². The fourth-order valence-corrected chi connectivity index (χ4v) is 3.57. The number of fused-ring (bicyclic) bond motifs is 1. The van der Waals surface area contributed by atoms with Gasteiger partial charge in [0, 0.05) is 6.54 Å². The minimum atomic E-state index is -0.766. The molecule has 2 fully saturated rings. The molecule has 0 aliphatic carbocycles. The minimum absolute atomic E-state index is 0.292. The minimum Gasteiger partial charge on any atom is -0.467 e. The van der Waals surface area contributed by atoms with E-state index in [2.05, 4.69) is 10.6 Å². The predicted octanol–water partition coefficient (Wildman–Crippen LogP) is 1.10. The highest BCUT2D eigenvalue weighted by molar-refractivity contribution is 5.93. The van der Waals surface area contributed by atoms with E-state index >= 15 is 0 Å². The largest absolute Gasteiger partial charge is 0.467 e. The Morgan fingerprint density at radius 2 is 1.79 bits per heavy atom. The molecule has 9 heteroatoms. The Kier molecular flexibility index (Phi) is 7.26. The van der Waals surface area contributed by atoms with Crippen molar-refractivity contribution in [2.45, 2.75) is 83.0 Å². The van der Waals surface area contributed by atoms with Crippen LogP contribution >= 0.6 is 0 Å². The molecule has 9 nitrogen and oxygen atoms in total. The number of ether oxygens (including phenoxy) is 2. The molecule has 0 bridgehead atoms. The van der Waals surface area contributed by atoms with Gasteiger partial charge in [0.25, 0.3) is 0 Å². The molecule has 0 aromatic heterocycles. The Morgan fingerprint density at radius 1 is 1.11 bits per heavy atom. The molecule has 2 saturated heterocycles. The molecule has 0 aromatic rings. The summed E-state index contributed by atoms with van der Waals surface area (Å²) in [5, 5.41) is 5.38. The number of hydrogen-bond donors (Lipinski definition) is 2. The highest BCUT2D eigenvalue weighted by Crippen LogP contribution is 2.22. The van der Waals surface area contributed by atoms with E-state index in [1.165, 1.54) is 12.0 Å². The molecule has 2 aliphatic heterocycles. The predicted molar refractivity (Wildman–Crippen MR) is 100 cm³/mol. The smallest absolute Gasteiger partial charge is 0.408 e. The molecule has 0 radical (unpaired) electrons. The quantitative estimate of drug-likeness (QED) is 0.675. The number of methoxy groups -OCH3 is 1. The summed E-state index contributed by atoms with van der Waals surface area (Å²) < 4.78 is 10.1. The molecule has 0 saturated carbocycles. The van der Waals surface area contributed by atoms with Crippen molar-refractivity contribution in [3.8, 4) is 0 Å². The Labute approximate surface area is 165 Å². The summed E-state index contributed by atoms with van der Waals surface area (Å²) >= 11 is 0. The number of nitrogens with one attached hydrogen (secondary N) is 2. The molecule has 28 heavy (non-hydrogen) atoms. The van der Waals surface area contributed by atoms with Crippen molar-refractivity contribution in [2.24, 2.45) is 0 Å². The average Bonchev–Trinajstić information content (AvgIpc) is 3.09. The number of esters is 1. The van der Waals surface area contributed by atoms with Crippen LogP contribution in [0.4, 0.5) is 4.79 Å². The van der Waals surface area contributed by atoms with Gasteiger partial charge in [-0.1, -0.05) is 12.8 Å². The summed E-state index contributed by atoms with van der Waals surface area (Å²) in [4.78, 5) is 51.4. The van der Waals surface area contributed by atoms with E-state index in [-0.39, 0.29) is 11.8 Å². The molecule has 2 heterocycles. The van der Waals surface area contributed by atoms with E-state index in [0.29, 0.717) is 45.1 Å². The summed E-state index contributed by atoms with van der Waals surface area (Å²) in [5.41, 5.74) is -0.676. The zero-order chi connectivity index (χ0) is 20.9. The number of alkyl carbamates (subject to hydrolysis) is 1. The molecule has 2 rings (SSSR count). The van der Waals surface area contributed by atoms with Crippen LogP contribution in [0.2, 0.25) is 0 Å². The third kappa shape index (κ3) is 5.84. The maximum absolute atomic E-state index is 13.1. The second-order valence-corrected chi connectivity index (χ2v) is 8.26. The fourth-order valence-electron chi connectivity index (χ4n) is 3.57. The van der Waals surface area contributed by atoms with Gasteiger partial charge >= 0.3 is 12.1 Å². The third-order valence-electron chi connectivity index (χ3n) is 4.87. The van der Waals surface area contributed by atoms with Gasteiger partial charge in [0.2, 0.25) is 11.8 Å². The van der Waals surface area contributed by atoms with Crippen molar-refractivity contribution >= 4 is 23.9 Å². The molecule has 2 aliphatic rings. The van der Waals surface area contributed by atoms with Crippen LogP contribution in [0.5, 0.6) is 0 Å². The lowest BCUT2D eigenvalue weighted by Gasteiger charge is -2.29. The molecule has 0 aromatic carbocycles. The van der Waals surface area contributed by atoms with Gasteiger partial charge < -0.3 is 25.0 Å². The van der Waals surface area contributed by atoms with E-state index in [1.54, 1.807) is 20.8 Å². The van der Waals surface area contributed by atoms with Crippen molar-refractivity contribution < 1.29 is 28.7 Å². The highest BCUT2D eigenvalue weighted by atomic mass is 16.6. The lowest BCUT2D eigenvalue weighted by atomic mass is 10.0. The van der Waals surface area contributed by atoms with Gasteiger partial charge in [0.15, 0.2) is 0 Å². The number of nitrogens with zero attached hydrogens (tertiary/aromatic N) is 1. The van der Waals surface area contributed by atoms with Crippen LogP contribution in [0.25, 0.3) is 0 Å². The lowest BCUT2D eigenvalue weighted by Crippen LogP contribution is -2.55. The summed E-state index contributed by atoms with van der Waals surface area (Å²) in [5.74, 6) is -1.15. The van der Waals surface area contributed by atoms with Crippen LogP contribution in [0.3, 0.4) is 0 Å². The monoisotopic (exact) mass is 397 g/mol. The van der Waals surface area contributed by atoms with E-state index in [9.17, 15) is 19.2 Å². The van der Waals surface area contributed by atoms with Crippen molar-refractivity contribution in [2.75, 3.05) is 13.7 Å². The molecule has 3 atom stereocenters. The first-order valence-corrected chi connectivity index (χ1v) is 9.80. The third-order valence-corrected chi connectivity index (χ3v) is 4.87. The number of hydrogen-bond acceptors (Lipinski definition) is 6. The van der Waals surface area contributed by atoms with Gasteiger partial charge in [-0.15, -0.1) is 0 Å². The van der Waals surface area contributed by atoms with Crippen molar-refractivity contribution in [1.29, 1.82) is 0 Å². The topological polar surface area (TPSA) is 114 Å². The molecule has 158 valence electrons. The number of amides is 3. The Morgan fingerprint density at radius 3 is 2.43 bits per heavy atom. The van der Waals surface area contributed by atoms with Crippen LogP contribution in [-0.4, -0.2) is 66.2 Å². The van der Waals surface area contributed by atoms with Crippen molar-refractivity contribution in [3.63, 3.8) is 0 Å². The summed E-state index contributed by atoms with van der Waals surface area (Å²) in [6, 6.07) is -2.15. The molecule has 1 unspecified atom stereocenters. The van der Waals surface area contributed by atoms with Gasteiger partial charge in [-0.05, 0) is 46.5 Å². The first kappa shape index (κ1) is 22.0. The Balaban J connectivity index is 2.18. The molecule has 3 amide bonds. The molecule has 2 N–H and O–H groups in total. The number of carbonyl (C=O) groups is 4. The maximum Gasteiger partial charge on any atom is 0.408 e. The van der Waals surface area contributed by atoms with Crippen LogP contribution in [0.15, 0.2) is 0 Å². The zero-order valence-electron chi connectivity index (χ0n) is 17.1. The summed E-state index contributed by atoms with van der Waals surface area (Å²) in [7, 11) is 1.28. The van der Waals surface area contributed by atoms with Crippen LogP contribution < -0.4 is 10.6 Å². The summed E-state index contributed by atoms with van der Waals surface area (Å²) in [6.45, 7) is 5.69. The fraction of sp³-hybridized carbons (Fsp3) is 0.789. The van der Waals surface area contributed by atoms with Crippen LogP contribution in [-0.2, 0) is 23.9 Å². The first-order valence-electron chi connectivity index (χ1n) is 9.80. The number of carbonyl (C=O) groups excluding carboxylic acids is 4. The molecule has 0 spiro atoms. The Hall–Kier alpha value is -2.32. The second kappa shape index (κ2) is 9.25. The standard InChI is InChI=1S/C19H31N3O6/c1-19(2,3)28-18(26)21-12-8-5-6-9-13(17(25)27-4)20-15(23)14-10-7-11-22(14)16(12)24/h12-14H,5-11H2,1-4H3,(H,20,23)(H,21,26)/t12?,13-,14-/m0/s1. The average molecular weight is 397 g/mol. The van der Waals surface area contributed by atoms with Crippen LogP contribution in [0, 0.1) is 0 Å². The second-order valence-electron chi connectivity index (χ2n) is 8.26. The van der Waals surface area contributed by atoms with E-state index in [1.807, 2.05) is 0 Å². The first-order chi connectivity index (χ1) is 13.1. The van der Waals surface area contributed by atoms with Gasteiger partial charge in [0.1, 0.15) is 23.7 Å². The zero-order valence-corrected chi connectivity index (χ0v) is 17.1. The maximum atomic E-state index is 13.1. The van der Waals surface area contributed by atoms with Crippen LogP contribution in [0.1, 0.15) is 59.3 Å². The number of rotatable bonds is 2. The summed E-state index contributed by atoms with van der Waals surface area (Å²) in [6.07, 6.45) is 2.57. The highest BCUT2D eigenvalue weighted by Gasteiger charge is 2.39. The van der Waals surface area contributed by atoms with E-state index in [4.69, 9.17) is 9.47 Å². The Bertz CT molecular complexity index is 615. The van der Waals surface area contributed by atoms with Gasteiger partial charge in [0.05, 0.1) is 7.11 Å². The normalized spacial score (nSPS) is 26.6. The van der Waals surface area contributed by atoms with Gasteiger partial charge in [-0.2, -0.15) is 0 Å².